The number of benzene rings is 2. The Morgan fingerprint density at radius 1 is 1.05 bits per heavy atom. The average Bonchev–Trinajstić information content (AvgIpc) is 2.39. The van der Waals surface area contributed by atoms with Crippen molar-refractivity contribution < 1.29 is 4.74 Å². The molecular formula is C16H17Cl2NO. The van der Waals surface area contributed by atoms with Gasteiger partial charge in [0.15, 0.2) is 0 Å². The van der Waals surface area contributed by atoms with E-state index < -0.39 is 0 Å². The van der Waals surface area contributed by atoms with Crippen molar-refractivity contribution in [3.05, 3.63) is 63.1 Å². The molecule has 1 atom stereocenters. The van der Waals surface area contributed by atoms with Gasteiger partial charge in [0.05, 0.1) is 13.2 Å². The van der Waals surface area contributed by atoms with E-state index in [2.05, 4.69) is 18.3 Å². The summed E-state index contributed by atoms with van der Waals surface area (Å²) in [6.07, 6.45) is 0. The van der Waals surface area contributed by atoms with Gasteiger partial charge in [-0.2, -0.15) is 0 Å². The Kier molecular flexibility index (Phi) is 4.92. The van der Waals surface area contributed by atoms with Gasteiger partial charge >= 0.3 is 0 Å². The minimum Gasteiger partial charge on any atom is -0.496 e. The minimum absolute atomic E-state index is 0.0268. The molecule has 0 saturated heterocycles. The van der Waals surface area contributed by atoms with Gasteiger partial charge in [-0.1, -0.05) is 40.9 Å². The van der Waals surface area contributed by atoms with Crippen LogP contribution in [0.3, 0.4) is 0 Å². The van der Waals surface area contributed by atoms with Crippen LogP contribution in [0.1, 0.15) is 22.7 Å². The number of methoxy groups -OCH3 is 1. The van der Waals surface area contributed by atoms with E-state index in [0.717, 1.165) is 16.9 Å². The van der Waals surface area contributed by atoms with Crippen LogP contribution in [0, 0.1) is 6.92 Å². The van der Waals surface area contributed by atoms with Crippen molar-refractivity contribution in [3.63, 3.8) is 0 Å². The van der Waals surface area contributed by atoms with Gasteiger partial charge in [-0.15, -0.1) is 0 Å². The molecule has 0 spiro atoms. The van der Waals surface area contributed by atoms with Gasteiger partial charge in [-0.3, -0.25) is 0 Å². The first-order chi connectivity index (χ1) is 9.55. The van der Waals surface area contributed by atoms with Crippen LogP contribution in [-0.2, 0) is 0 Å². The van der Waals surface area contributed by atoms with E-state index in [-0.39, 0.29) is 6.04 Å². The molecule has 0 radical (unpaired) electrons. The third kappa shape index (κ3) is 3.26. The third-order valence-corrected chi connectivity index (χ3v) is 3.64. The molecule has 2 aromatic rings. The van der Waals surface area contributed by atoms with Crippen molar-refractivity contribution in [1.29, 1.82) is 0 Å². The summed E-state index contributed by atoms with van der Waals surface area (Å²) in [5.41, 5.74) is 3.25. The second kappa shape index (κ2) is 6.49. The highest BCUT2D eigenvalue weighted by Gasteiger charge is 2.17. The molecule has 2 aromatic carbocycles. The summed E-state index contributed by atoms with van der Waals surface area (Å²) in [6.45, 7) is 2.06. The highest BCUT2D eigenvalue weighted by atomic mass is 35.5. The Morgan fingerprint density at radius 3 is 2.25 bits per heavy atom. The normalized spacial score (nSPS) is 12.2. The van der Waals surface area contributed by atoms with Crippen LogP contribution >= 0.6 is 23.2 Å². The molecule has 106 valence electrons. The third-order valence-electron chi connectivity index (χ3n) is 3.20. The van der Waals surface area contributed by atoms with Gasteiger partial charge in [0.1, 0.15) is 5.75 Å². The number of aryl methyl sites for hydroxylation is 1. The van der Waals surface area contributed by atoms with Crippen LogP contribution in [0.15, 0.2) is 36.4 Å². The van der Waals surface area contributed by atoms with Gasteiger partial charge < -0.3 is 10.1 Å². The van der Waals surface area contributed by atoms with E-state index in [1.54, 1.807) is 13.2 Å². The predicted octanol–water partition coefficient (Wildman–Crippen LogP) is 4.62. The van der Waals surface area contributed by atoms with Crippen LogP contribution < -0.4 is 10.1 Å². The molecule has 2 nitrogen and oxygen atoms in total. The number of ether oxygens (including phenoxy) is 1. The van der Waals surface area contributed by atoms with Crippen molar-refractivity contribution in [3.8, 4) is 5.75 Å². The Labute approximate surface area is 129 Å². The van der Waals surface area contributed by atoms with Crippen LogP contribution in [0.5, 0.6) is 5.75 Å². The van der Waals surface area contributed by atoms with E-state index in [9.17, 15) is 0 Å². The van der Waals surface area contributed by atoms with Crippen LogP contribution in [0.4, 0.5) is 0 Å². The number of rotatable bonds is 4. The monoisotopic (exact) mass is 309 g/mol. The molecule has 0 amide bonds. The van der Waals surface area contributed by atoms with Crippen molar-refractivity contribution in [2.45, 2.75) is 13.0 Å². The fourth-order valence-corrected chi connectivity index (χ4v) is 2.87. The zero-order valence-electron chi connectivity index (χ0n) is 11.7. The van der Waals surface area contributed by atoms with E-state index >= 15 is 0 Å². The predicted molar refractivity (Wildman–Crippen MR) is 85.1 cm³/mol. The number of halogens is 2. The maximum Gasteiger partial charge on any atom is 0.123 e. The molecule has 0 aliphatic rings. The lowest BCUT2D eigenvalue weighted by atomic mass is 9.96. The molecule has 4 heteroatoms. The molecule has 0 saturated carbocycles. The first kappa shape index (κ1) is 15.2. The summed E-state index contributed by atoms with van der Waals surface area (Å²) >= 11 is 12.2. The smallest absolute Gasteiger partial charge is 0.123 e. The molecule has 1 unspecified atom stereocenters. The quantitative estimate of drug-likeness (QED) is 0.890. The minimum atomic E-state index is -0.0268. The fraction of sp³-hybridized carbons (Fsp3) is 0.250. The first-order valence-corrected chi connectivity index (χ1v) is 7.08. The number of hydrogen-bond acceptors (Lipinski definition) is 2. The number of nitrogens with one attached hydrogen (secondary N) is 1. The fourth-order valence-electron chi connectivity index (χ4n) is 2.32. The average molecular weight is 310 g/mol. The Bertz CT molecular complexity index is 593. The van der Waals surface area contributed by atoms with E-state index in [1.165, 1.54) is 5.56 Å². The second-order valence-electron chi connectivity index (χ2n) is 4.67. The lowest BCUT2D eigenvalue weighted by Gasteiger charge is -2.21. The second-order valence-corrected chi connectivity index (χ2v) is 5.54. The van der Waals surface area contributed by atoms with Crippen LogP contribution in [0.25, 0.3) is 0 Å². The van der Waals surface area contributed by atoms with Crippen molar-refractivity contribution in [2.24, 2.45) is 0 Å². The standard InChI is InChI=1S/C16H17Cl2NO/c1-10-4-5-15(20-3)14(6-10)16(19-2)11-7-12(17)9-13(18)8-11/h4-9,16,19H,1-3H3. The molecule has 1 N–H and O–H groups in total. The SMILES string of the molecule is CNC(c1cc(Cl)cc(Cl)c1)c1cc(C)ccc1OC. The summed E-state index contributed by atoms with van der Waals surface area (Å²) in [7, 11) is 3.58. The highest BCUT2D eigenvalue weighted by Crippen LogP contribution is 2.33. The first-order valence-electron chi connectivity index (χ1n) is 6.33. The Hall–Kier alpha value is -1.22. The van der Waals surface area contributed by atoms with Gasteiger partial charge in [-0.25, -0.2) is 0 Å². The topological polar surface area (TPSA) is 21.3 Å². The molecular weight excluding hydrogens is 293 g/mol. The molecule has 0 fully saturated rings. The molecule has 0 heterocycles. The highest BCUT2D eigenvalue weighted by molar-refractivity contribution is 6.34. The van der Waals surface area contributed by atoms with Gasteiger partial charge in [-0.05, 0) is 43.8 Å². The van der Waals surface area contributed by atoms with E-state index in [0.29, 0.717) is 10.0 Å². The summed E-state index contributed by atoms with van der Waals surface area (Å²) in [6, 6.07) is 11.6. The summed E-state index contributed by atoms with van der Waals surface area (Å²) < 4.78 is 5.46. The van der Waals surface area contributed by atoms with Gasteiger partial charge in [0, 0.05) is 15.6 Å². The molecule has 0 aliphatic heterocycles. The maximum atomic E-state index is 6.10. The lowest BCUT2D eigenvalue weighted by Crippen LogP contribution is -2.18. The largest absolute Gasteiger partial charge is 0.496 e. The summed E-state index contributed by atoms with van der Waals surface area (Å²) in [5, 5.41) is 4.54. The summed E-state index contributed by atoms with van der Waals surface area (Å²) in [4.78, 5) is 0. The molecule has 20 heavy (non-hydrogen) atoms. The van der Waals surface area contributed by atoms with Crippen LogP contribution in [-0.4, -0.2) is 14.2 Å². The van der Waals surface area contributed by atoms with Crippen LogP contribution in [0.2, 0.25) is 10.0 Å². The van der Waals surface area contributed by atoms with Gasteiger partial charge in [0.25, 0.3) is 0 Å². The van der Waals surface area contributed by atoms with Gasteiger partial charge in [0.2, 0.25) is 0 Å². The Balaban J connectivity index is 2.54. The lowest BCUT2D eigenvalue weighted by molar-refractivity contribution is 0.405. The summed E-state index contributed by atoms with van der Waals surface area (Å²) in [5.74, 6) is 0.839. The molecule has 0 aliphatic carbocycles. The van der Waals surface area contributed by atoms with Crippen molar-refractivity contribution >= 4 is 23.2 Å². The van der Waals surface area contributed by atoms with Crippen molar-refractivity contribution in [1.82, 2.24) is 5.32 Å². The van der Waals surface area contributed by atoms with E-state index in [1.807, 2.05) is 31.3 Å². The zero-order chi connectivity index (χ0) is 14.7. The molecule has 0 bridgehead atoms. The molecule has 0 aromatic heterocycles. The Morgan fingerprint density at radius 2 is 1.70 bits per heavy atom. The maximum absolute atomic E-state index is 6.10. The number of hydrogen-bond donors (Lipinski definition) is 1. The zero-order valence-corrected chi connectivity index (χ0v) is 13.2. The molecule has 2 rings (SSSR count). The van der Waals surface area contributed by atoms with Crippen molar-refractivity contribution in [2.75, 3.05) is 14.2 Å². The van der Waals surface area contributed by atoms with E-state index in [4.69, 9.17) is 27.9 Å².